The molecule has 0 aromatic heterocycles. The van der Waals surface area contributed by atoms with Gasteiger partial charge < -0.3 is 10.5 Å². The van der Waals surface area contributed by atoms with Crippen LogP contribution in [0.15, 0.2) is 71.2 Å². The number of nitrogens with zero attached hydrogens (tertiary/aromatic N) is 2. The molecule has 1 unspecified atom stereocenters. The Morgan fingerprint density at radius 3 is 2.38 bits per heavy atom. The highest BCUT2D eigenvalue weighted by atomic mass is 35.5. The van der Waals surface area contributed by atoms with Crippen LogP contribution in [-0.4, -0.2) is 5.78 Å². The van der Waals surface area contributed by atoms with Crippen LogP contribution in [0.25, 0.3) is 0 Å². The highest BCUT2D eigenvalue weighted by molar-refractivity contribution is 6.31. The standard InChI is InChI=1S/C35H35Cl2N3O2/c1-19-7-9-25(14-28(19)37)40-29-15-35(5,6)16-30(41)33(29)32(27(17-38)34(40)39)26-13-23(20(2)11-21(26)3)18-42-31-10-8-24(36)12-22(31)4/h7-14,32H,15-16,18,39H2,1-6H3. The Morgan fingerprint density at radius 1 is 0.976 bits per heavy atom. The Balaban J connectivity index is 1.66. The van der Waals surface area contributed by atoms with Gasteiger partial charge in [-0.05, 0) is 103 Å². The Kier molecular flexibility index (Phi) is 7.91. The maximum atomic E-state index is 14.0. The summed E-state index contributed by atoms with van der Waals surface area (Å²) < 4.78 is 6.21. The first kappa shape index (κ1) is 29.8. The summed E-state index contributed by atoms with van der Waals surface area (Å²) in [5.41, 5.74) is 14.9. The maximum Gasteiger partial charge on any atom is 0.162 e. The van der Waals surface area contributed by atoms with Gasteiger partial charge in [-0.3, -0.25) is 9.69 Å². The van der Waals surface area contributed by atoms with E-state index in [2.05, 4.69) is 32.0 Å². The third-order valence-corrected chi connectivity index (χ3v) is 8.99. The predicted octanol–water partition coefficient (Wildman–Crippen LogP) is 8.75. The summed E-state index contributed by atoms with van der Waals surface area (Å²) in [6.07, 6.45) is 1.02. The molecule has 2 N–H and O–H groups in total. The summed E-state index contributed by atoms with van der Waals surface area (Å²) >= 11 is 12.7. The average molecular weight is 601 g/mol. The SMILES string of the molecule is Cc1ccc(N2C(N)=C(C#N)C(c3cc(COc4ccc(Cl)cc4C)c(C)cc3C)C3=C2CC(C)(C)CC3=O)cc1Cl. The number of carbonyl (C=O) groups is 1. The number of aryl methyl sites for hydroxylation is 4. The minimum atomic E-state index is -0.581. The van der Waals surface area contributed by atoms with Crippen molar-refractivity contribution in [2.45, 2.75) is 66.9 Å². The van der Waals surface area contributed by atoms with E-state index in [4.69, 9.17) is 33.7 Å². The van der Waals surface area contributed by atoms with E-state index in [0.717, 1.165) is 50.5 Å². The number of hydrogen-bond donors (Lipinski definition) is 1. The van der Waals surface area contributed by atoms with E-state index in [-0.39, 0.29) is 11.2 Å². The molecule has 0 fully saturated rings. The van der Waals surface area contributed by atoms with Crippen LogP contribution >= 0.6 is 23.2 Å². The maximum absolute atomic E-state index is 14.0. The van der Waals surface area contributed by atoms with E-state index in [9.17, 15) is 10.1 Å². The Labute approximate surface area is 258 Å². The van der Waals surface area contributed by atoms with Crippen molar-refractivity contribution >= 4 is 34.7 Å². The molecule has 3 aromatic rings. The minimum absolute atomic E-state index is 0.0317. The number of hydrogen-bond acceptors (Lipinski definition) is 5. The molecule has 5 nitrogen and oxygen atoms in total. The zero-order valence-electron chi connectivity index (χ0n) is 24.9. The highest BCUT2D eigenvalue weighted by Gasteiger charge is 2.45. The molecule has 5 rings (SSSR count). The second-order valence-electron chi connectivity index (χ2n) is 12.2. The van der Waals surface area contributed by atoms with Gasteiger partial charge in [0.2, 0.25) is 0 Å². The van der Waals surface area contributed by atoms with Gasteiger partial charge in [-0.2, -0.15) is 5.26 Å². The van der Waals surface area contributed by atoms with Crippen LogP contribution < -0.4 is 15.4 Å². The molecule has 0 radical (unpaired) electrons. The highest BCUT2D eigenvalue weighted by Crippen LogP contribution is 2.51. The molecule has 0 bridgehead atoms. The van der Waals surface area contributed by atoms with Crippen molar-refractivity contribution in [3.05, 3.63) is 115 Å². The van der Waals surface area contributed by atoms with Crippen molar-refractivity contribution in [3.63, 3.8) is 0 Å². The molecule has 216 valence electrons. The van der Waals surface area contributed by atoms with Crippen LogP contribution in [0.2, 0.25) is 10.0 Å². The lowest BCUT2D eigenvalue weighted by Gasteiger charge is -2.44. The van der Waals surface area contributed by atoms with Gasteiger partial charge in [0, 0.05) is 33.4 Å². The molecule has 1 aliphatic carbocycles. The zero-order chi connectivity index (χ0) is 30.5. The number of nitrogens with two attached hydrogens (primary N) is 1. The third-order valence-electron chi connectivity index (χ3n) is 8.35. The van der Waals surface area contributed by atoms with Gasteiger partial charge in [0.15, 0.2) is 5.78 Å². The summed E-state index contributed by atoms with van der Waals surface area (Å²) in [5.74, 6) is 0.524. The van der Waals surface area contributed by atoms with Crippen LogP contribution in [-0.2, 0) is 11.4 Å². The molecular weight excluding hydrogens is 565 g/mol. The monoisotopic (exact) mass is 599 g/mol. The summed E-state index contributed by atoms with van der Waals surface area (Å²) in [6, 6.07) is 17.8. The largest absolute Gasteiger partial charge is 0.489 e. The first-order chi connectivity index (χ1) is 19.8. The average Bonchev–Trinajstić information content (AvgIpc) is 2.90. The van der Waals surface area contributed by atoms with E-state index in [1.807, 2.05) is 69.0 Å². The van der Waals surface area contributed by atoms with E-state index < -0.39 is 5.92 Å². The summed E-state index contributed by atoms with van der Waals surface area (Å²) in [5, 5.41) is 11.8. The van der Waals surface area contributed by atoms with E-state index in [0.29, 0.717) is 46.5 Å². The second-order valence-corrected chi connectivity index (χ2v) is 13.1. The van der Waals surface area contributed by atoms with E-state index in [1.54, 1.807) is 0 Å². The van der Waals surface area contributed by atoms with Gasteiger partial charge in [-0.1, -0.05) is 55.2 Å². The Morgan fingerprint density at radius 2 is 1.71 bits per heavy atom. The number of halogens is 2. The molecule has 7 heteroatoms. The Hall–Kier alpha value is -3.72. The molecule has 2 aliphatic rings. The normalized spacial score (nSPS) is 18.2. The smallest absolute Gasteiger partial charge is 0.162 e. The minimum Gasteiger partial charge on any atom is -0.489 e. The Bertz CT molecular complexity index is 1730. The lowest BCUT2D eigenvalue weighted by Crippen LogP contribution is -2.42. The number of rotatable bonds is 5. The van der Waals surface area contributed by atoms with Gasteiger partial charge in [0.1, 0.15) is 18.2 Å². The molecule has 1 aliphatic heterocycles. The number of nitriles is 1. The van der Waals surface area contributed by atoms with Gasteiger partial charge >= 0.3 is 0 Å². The van der Waals surface area contributed by atoms with Crippen molar-refractivity contribution in [1.82, 2.24) is 0 Å². The molecule has 0 saturated carbocycles. The van der Waals surface area contributed by atoms with Crippen molar-refractivity contribution in [3.8, 4) is 11.8 Å². The van der Waals surface area contributed by atoms with E-state index in [1.165, 1.54) is 0 Å². The fourth-order valence-electron chi connectivity index (χ4n) is 6.15. The molecule has 3 aromatic carbocycles. The summed E-state index contributed by atoms with van der Waals surface area (Å²) in [7, 11) is 0. The van der Waals surface area contributed by atoms with Crippen molar-refractivity contribution in [2.75, 3.05) is 4.90 Å². The number of anilines is 1. The van der Waals surface area contributed by atoms with Crippen molar-refractivity contribution in [2.24, 2.45) is 11.1 Å². The van der Waals surface area contributed by atoms with Gasteiger partial charge in [0.25, 0.3) is 0 Å². The molecule has 0 spiro atoms. The zero-order valence-corrected chi connectivity index (χ0v) is 26.4. The number of benzene rings is 3. The molecule has 42 heavy (non-hydrogen) atoms. The molecule has 1 atom stereocenters. The molecule has 0 saturated heterocycles. The van der Waals surface area contributed by atoms with Gasteiger partial charge in [-0.15, -0.1) is 0 Å². The number of allylic oxidation sites excluding steroid dienone is 3. The van der Waals surface area contributed by atoms with Crippen LogP contribution in [0.3, 0.4) is 0 Å². The van der Waals surface area contributed by atoms with Gasteiger partial charge in [0.05, 0.1) is 17.6 Å². The molecule has 0 amide bonds. The quantitative estimate of drug-likeness (QED) is 0.317. The van der Waals surface area contributed by atoms with Crippen molar-refractivity contribution in [1.29, 1.82) is 5.26 Å². The topological polar surface area (TPSA) is 79.3 Å². The van der Waals surface area contributed by atoms with Crippen LogP contribution in [0.5, 0.6) is 5.75 Å². The number of ketones is 1. The fraction of sp³-hybridized carbons (Fsp3) is 0.314. The number of Topliss-reactive ketones (excluding diaryl/α,β-unsaturated/α-hetero) is 1. The van der Waals surface area contributed by atoms with Gasteiger partial charge in [-0.25, -0.2) is 0 Å². The van der Waals surface area contributed by atoms with Crippen molar-refractivity contribution < 1.29 is 9.53 Å². The molecular formula is C35H35Cl2N3O2. The first-order valence-corrected chi connectivity index (χ1v) is 14.8. The summed E-state index contributed by atoms with van der Waals surface area (Å²) in [4.78, 5) is 15.9. The number of ether oxygens (including phenoxy) is 1. The second kappa shape index (κ2) is 11.2. The fourth-order valence-corrected chi connectivity index (χ4v) is 6.55. The van der Waals surface area contributed by atoms with Crippen LogP contribution in [0.4, 0.5) is 5.69 Å². The lowest BCUT2D eigenvalue weighted by molar-refractivity contribution is -0.118. The van der Waals surface area contributed by atoms with E-state index >= 15 is 0 Å². The summed E-state index contributed by atoms with van der Waals surface area (Å²) in [6.45, 7) is 12.5. The first-order valence-electron chi connectivity index (χ1n) is 14.0. The lowest BCUT2D eigenvalue weighted by atomic mass is 9.68. The van der Waals surface area contributed by atoms with Crippen LogP contribution in [0, 0.1) is 44.4 Å². The molecule has 1 heterocycles. The van der Waals surface area contributed by atoms with Crippen LogP contribution in [0.1, 0.15) is 66.0 Å². The third kappa shape index (κ3) is 5.42. The number of carbonyl (C=O) groups excluding carboxylic acids is 1. The predicted molar refractivity (Wildman–Crippen MR) is 170 cm³/mol.